The van der Waals surface area contributed by atoms with Gasteiger partial charge >= 0.3 is 0 Å². The molecule has 0 aliphatic carbocycles. The summed E-state index contributed by atoms with van der Waals surface area (Å²) < 4.78 is 1.71. The van der Waals surface area contributed by atoms with Gasteiger partial charge in [0.05, 0.1) is 23.8 Å². The molecule has 6 nitrogen and oxygen atoms in total. The average molecular weight is 276 g/mol. The van der Waals surface area contributed by atoms with Crippen molar-refractivity contribution < 1.29 is 9.63 Å². The summed E-state index contributed by atoms with van der Waals surface area (Å²) in [7, 11) is 4.89. The van der Waals surface area contributed by atoms with E-state index in [1.165, 1.54) is 12.2 Å². The molecule has 0 aliphatic heterocycles. The second kappa shape index (κ2) is 5.20. The second-order valence-corrected chi connectivity index (χ2v) is 5.14. The van der Waals surface area contributed by atoms with Crippen molar-refractivity contribution in [1.82, 2.24) is 19.8 Å². The molecule has 0 saturated carbocycles. The predicted molar refractivity (Wildman–Crippen MR) is 76.4 cm³/mol. The van der Waals surface area contributed by atoms with Crippen LogP contribution in [0.1, 0.15) is 41.5 Å². The Labute approximate surface area is 118 Å². The van der Waals surface area contributed by atoms with E-state index in [2.05, 4.69) is 10.1 Å². The molecule has 0 radical (unpaired) electrons. The normalized spacial score (nSPS) is 11.3. The lowest BCUT2D eigenvalue weighted by Gasteiger charge is -2.16. The van der Waals surface area contributed by atoms with Gasteiger partial charge in [-0.15, -0.1) is 0 Å². The van der Waals surface area contributed by atoms with Gasteiger partial charge < -0.3 is 0 Å². The van der Waals surface area contributed by atoms with Crippen LogP contribution in [0.5, 0.6) is 0 Å². The van der Waals surface area contributed by atoms with Crippen LogP contribution in [0.3, 0.4) is 0 Å². The Morgan fingerprint density at radius 2 is 2.10 bits per heavy atom. The van der Waals surface area contributed by atoms with Crippen molar-refractivity contribution in [3.63, 3.8) is 0 Å². The van der Waals surface area contributed by atoms with Crippen molar-refractivity contribution in [3.05, 3.63) is 23.0 Å². The van der Waals surface area contributed by atoms with Crippen molar-refractivity contribution in [3.8, 4) is 0 Å². The molecule has 0 bridgehead atoms. The molecule has 0 unspecified atom stereocenters. The molecular weight excluding hydrogens is 256 g/mol. The Morgan fingerprint density at radius 3 is 2.65 bits per heavy atom. The zero-order valence-corrected chi connectivity index (χ0v) is 12.8. The van der Waals surface area contributed by atoms with Crippen molar-refractivity contribution in [2.45, 2.75) is 26.7 Å². The number of carbonyl (C=O) groups excluding carboxylic acids is 1. The third kappa shape index (κ3) is 2.27. The Hall–Kier alpha value is -1.95. The molecule has 0 aromatic carbocycles. The number of hydrogen-bond acceptors (Lipinski definition) is 4. The molecule has 2 aromatic rings. The lowest BCUT2D eigenvalue weighted by atomic mass is 10.0. The molecule has 6 heteroatoms. The molecule has 0 N–H and O–H groups in total. The summed E-state index contributed by atoms with van der Waals surface area (Å²) >= 11 is 0. The smallest absolute Gasteiger partial charge is 0.274 e. The number of carbonyl (C=O) groups is 1. The Bertz CT molecular complexity index is 661. The highest BCUT2D eigenvalue weighted by molar-refractivity contribution is 6.06. The molecule has 2 aromatic heterocycles. The van der Waals surface area contributed by atoms with Gasteiger partial charge in [0.2, 0.25) is 0 Å². The summed E-state index contributed by atoms with van der Waals surface area (Å²) in [5.74, 6) is 0.0342. The lowest BCUT2D eigenvalue weighted by Crippen LogP contribution is -2.26. The molecule has 2 rings (SSSR count). The van der Waals surface area contributed by atoms with Crippen LogP contribution in [0.4, 0.5) is 0 Å². The first-order chi connectivity index (χ1) is 9.36. The van der Waals surface area contributed by atoms with E-state index < -0.39 is 0 Å². The maximum absolute atomic E-state index is 12.5. The SMILES string of the molecule is CON(C)C(=O)c1cc(C(C)C)nc2c1c(C)nn2C. The minimum atomic E-state index is -0.196. The maximum atomic E-state index is 12.5. The van der Waals surface area contributed by atoms with Crippen LogP contribution in [0.15, 0.2) is 6.07 Å². The zero-order valence-electron chi connectivity index (χ0n) is 12.8. The standard InChI is InChI=1S/C14H20N4O2/c1-8(2)11-7-10(14(19)18(5)20-6)12-9(3)16-17(4)13(12)15-11/h7-8H,1-6H3. The van der Waals surface area contributed by atoms with Crippen LogP contribution >= 0.6 is 0 Å². The highest BCUT2D eigenvalue weighted by Crippen LogP contribution is 2.25. The van der Waals surface area contributed by atoms with E-state index in [4.69, 9.17) is 4.84 Å². The molecule has 0 fully saturated rings. The highest BCUT2D eigenvalue weighted by Gasteiger charge is 2.21. The van der Waals surface area contributed by atoms with E-state index in [9.17, 15) is 4.79 Å². The van der Waals surface area contributed by atoms with Crippen LogP contribution < -0.4 is 0 Å². The van der Waals surface area contributed by atoms with E-state index >= 15 is 0 Å². The van der Waals surface area contributed by atoms with Gasteiger partial charge in [-0.1, -0.05) is 13.8 Å². The third-order valence-corrected chi connectivity index (χ3v) is 3.37. The summed E-state index contributed by atoms with van der Waals surface area (Å²) in [6, 6.07) is 1.83. The topological polar surface area (TPSA) is 60.2 Å². The van der Waals surface area contributed by atoms with Crippen molar-refractivity contribution in [2.24, 2.45) is 7.05 Å². The minimum absolute atomic E-state index is 0.196. The van der Waals surface area contributed by atoms with Gasteiger partial charge in [-0.2, -0.15) is 5.10 Å². The molecule has 0 aliphatic rings. The number of amides is 1. The quantitative estimate of drug-likeness (QED) is 0.805. The van der Waals surface area contributed by atoms with Crippen LogP contribution in [0.25, 0.3) is 11.0 Å². The fraction of sp³-hybridized carbons (Fsp3) is 0.500. The molecule has 0 atom stereocenters. The second-order valence-electron chi connectivity index (χ2n) is 5.14. The largest absolute Gasteiger partial charge is 0.278 e. The van der Waals surface area contributed by atoms with Gasteiger partial charge in [0.15, 0.2) is 5.65 Å². The lowest BCUT2D eigenvalue weighted by molar-refractivity contribution is -0.0755. The Morgan fingerprint density at radius 1 is 1.45 bits per heavy atom. The van der Waals surface area contributed by atoms with Gasteiger partial charge in [-0.25, -0.2) is 10.0 Å². The van der Waals surface area contributed by atoms with E-state index in [1.54, 1.807) is 11.7 Å². The van der Waals surface area contributed by atoms with Crippen molar-refractivity contribution in [2.75, 3.05) is 14.2 Å². The summed E-state index contributed by atoms with van der Waals surface area (Å²) in [4.78, 5) is 22.1. The molecule has 0 saturated heterocycles. The van der Waals surface area contributed by atoms with Crippen molar-refractivity contribution >= 4 is 16.9 Å². The fourth-order valence-corrected chi connectivity index (χ4v) is 2.18. The molecule has 20 heavy (non-hydrogen) atoms. The van der Waals surface area contributed by atoms with E-state index in [0.717, 1.165) is 22.4 Å². The third-order valence-electron chi connectivity index (χ3n) is 3.37. The van der Waals surface area contributed by atoms with Crippen LogP contribution in [-0.2, 0) is 11.9 Å². The number of aromatic nitrogens is 3. The fourth-order valence-electron chi connectivity index (χ4n) is 2.18. The number of nitrogens with zero attached hydrogens (tertiary/aromatic N) is 4. The van der Waals surface area contributed by atoms with E-state index in [1.807, 2.05) is 33.9 Å². The summed E-state index contributed by atoms with van der Waals surface area (Å²) in [6.07, 6.45) is 0. The number of rotatable bonds is 3. The van der Waals surface area contributed by atoms with Crippen LogP contribution in [0, 0.1) is 6.92 Å². The maximum Gasteiger partial charge on any atom is 0.278 e. The van der Waals surface area contributed by atoms with E-state index in [-0.39, 0.29) is 11.8 Å². The molecular formula is C14H20N4O2. The molecule has 2 heterocycles. The first kappa shape index (κ1) is 14.5. The molecule has 108 valence electrons. The number of aryl methyl sites for hydroxylation is 2. The summed E-state index contributed by atoms with van der Waals surface area (Å²) in [5.41, 5.74) is 2.96. The first-order valence-corrected chi connectivity index (χ1v) is 6.53. The highest BCUT2D eigenvalue weighted by atomic mass is 16.7. The number of hydroxylamine groups is 2. The molecule has 1 amide bonds. The monoisotopic (exact) mass is 276 g/mol. The summed E-state index contributed by atoms with van der Waals surface area (Å²) in [6.45, 7) is 5.97. The summed E-state index contributed by atoms with van der Waals surface area (Å²) in [5, 5.41) is 6.36. The van der Waals surface area contributed by atoms with Gasteiger partial charge in [-0.05, 0) is 18.9 Å². The Kier molecular flexibility index (Phi) is 3.76. The zero-order chi connectivity index (χ0) is 15.0. The first-order valence-electron chi connectivity index (χ1n) is 6.53. The number of fused-ring (bicyclic) bond motifs is 1. The van der Waals surface area contributed by atoms with Gasteiger partial charge in [0.25, 0.3) is 5.91 Å². The van der Waals surface area contributed by atoms with Crippen LogP contribution in [0.2, 0.25) is 0 Å². The molecule has 0 spiro atoms. The van der Waals surface area contributed by atoms with Gasteiger partial charge in [0, 0.05) is 19.8 Å². The van der Waals surface area contributed by atoms with Gasteiger partial charge in [0.1, 0.15) is 0 Å². The Balaban J connectivity index is 2.76. The predicted octanol–water partition coefficient (Wildman–Crippen LogP) is 2.03. The number of pyridine rings is 1. The van der Waals surface area contributed by atoms with Crippen molar-refractivity contribution in [1.29, 1.82) is 0 Å². The minimum Gasteiger partial charge on any atom is -0.274 e. The average Bonchev–Trinajstić information content (AvgIpc) is 2.71. The number of hydrogen-bond donors (Lipinski definition) is 0. The van der Waals surface area contributed by atoms with Gasteiger partial charge in [-0.3, -0.25) is 14.3 Å². The van der Waals surface area contributed by atoms with Crippen LogP contribution in [-0.4, -0.2) is 39.9 Å². The van der Waals surface area contributed by atoms with E-state index in [0.29, 0.717) is 5.56 Å².